The van der Waals surface area contributed by atoms with E-state index in [9.17, 15) is 4.79 Å². The molecule has 0 aromatic carbocycles. The third kappa shape index (κ3) is 2.39. The van der Waals surface area contributed by atoms with Gasteiger partial charge in [-0.15, -0.1) is 0 Å². The first-order valence-corrected chi connectivity index (χ1v) is 7.38. The van der Waals surface area contributed by atoms with Crippen molar-refractivity contribution in [3.05, 3.63) is 6.20 Å². The van der Waals surface area contributed by atoms with Crippen LogP contribution in [0.15, 0.2) is 10.4 Å². The van der Waals surface area contributed by atoms with E-state index in [-0.39, 0.29) is 5.91 Å². The molecule has 2 heterocycles. The van der Waals surface area contributed by atoms with E-state index in [1.165, 1.54) is 11.3 Å². The number of halogens is 1. The molecular formula is C9H8BrN3OS2. The van der Waals surface area contributed by atoms with Crippen molar-refractivity contribution in [2.75, 3.05) is 16.8 Å². The van der Waals surface area contributed by atoms with Crippen LogP contribution >= 0.6 is 39.0 Å². The van der Waals surface area contributed by atoms with Gasteiger partial charge in [-0.05, 0) is 5.92 Å². The molecule has 84 valence electrons. The van der Waals surface area contributed by atoms with Gasteiger partial charge in [0.05, 0.1) is 10.4 Å². The fourth-order valence-corrected chi connectivity index (χ4v) is 3.35. The highest BCUT2D eigenvalue weighted by Crippen LogP contribution is 2.33. The average molecular weight is 318 g/mol. The summed E-state index contributed by atoms with van der Waals surface area (Å²) in [5.74, 6) is 0.482. The summed E-state index contributed by atoms with van der Waals surface area (Å²) in [6, 6.07) is 0. The Kier molecular flexibility index (Phi) is 3.84. The predicted molar refractivity (Wildman–Crippen MR) is 67.8 cm³/mol. The second kappa shape index (κ2) is 5.17. The number of alkyl halides is 1. The molecule has 1 unspecified atom stereocenters. The van der Waals surface area contributed by atoms with Crippen LogP contribution in [0.1, 0.15) is 6.42 Å². The number of nitrogens with zero attached hydrogens (tertiary/aromatic N) is 3. The molecule has 16 heavy (non-hydrogen) atoms. The minimum Gasteiger partial charge on any atom is -0.288 e. The monoisotopic (exact) mass is 317 g/mol. The molecule has 2 rings (SSSR count). The van der Waals surface area contributed by atoms with Crippen molar-refractivity contribution in [1.29, 1.82) is 5.26 Å². The lowest BCUT2D eigenvalue weighted by atomic mass is 10.2. The average Bonchev–Trinajstić information content (AvgIpc) is 2.85. The van der Waals surface area contributed by atoms with Crippen LogP contribution in [0, 0.1) is 16.6 Å². The molecule has 0 N–H and O–H groups in total. The number of carbonyl (C=O) groups excluding carboxylic acids is 1. The van der Waals surface area contributed by atoms with Crippen LogP contribution in [0.5, 0.6) is 0 Å². The van der Waals surface area contributed by atoms with E-state index in [1.54, 1.807) is 11.1 Å². The molecule has 1 aliphatic rings. The van der Waals surface area contributed by atoms with Crippen molar-refractivity contribution in [2.24, 2.45) is 5.92 Å². The van der Waals surface area contributed by atoms with Gasteiger partial charge in [0.1, 0.15) is 5.40 Å². The van der Waals surface area contributed by atoms with Crippen LogP contribution in [-0.2, 0) is 4.79 Å². The third-order valence-electron chi connectivity index (χ3n) is 2.27. The summed E-state index contributed by atoms with van der Waals surface area (Å²) in [6.07, 6.45) is 2.22. The van der Waals surface area contributed by atoms with E-state index < -0.39 is 0 Å². The van der Waals surface area contributed by atoms with Crippen molar-refractivity contribution < 1.29 is 4.79 Å². The van der Waals surface area contributed by atoms with Crippen molar-refractivity contribution in [3.8, 4) is 5.40 Å². The zero-order chi connectivity index (χ0) is 11.5. The van der Waals surface area contributed by atoms with Crippen molar-refractivity contribution in [1.82, 2.24) is 4.98 Å². The highest BCUT2D eigenvalue weighted by molar-refractivity contribution is 9.09. The Balaban J connectivity index is 2.12. The standard InChI is InChI=1S/C9H8BrN3OS2/c10-2-6-1-7(14)13(4-6)9-12-3-8(16-9)15-5-11/h3,6H,1-2,4H2. The number of hydrogen-bond donors (Lipinski definition) is 0. The number of carbonyl (C=O) groups is 1. The SMILES string of the molecule is N#CSc1cnc(N2CC(CBr)CC2=O)s1. The van der Waals surface area contributed by atoms with E-state index in [4.69, 9.17) is 5.26 Å². The maximum absolute atomic E-state index is 11.7. The summed E-state index contributed by atoms with van der Waals surface area (Å²) < 4.78 is 0.826. The Morgan fingerprint density at radius 3 is 3.25 bits per heavy atom. The van der Waals surface area contributed by atoms with Gasteiger partial charge in [-0.25, -0.2) is 4.98 Å². The van der Waals surface area contributed by atoms with Crippen LogP contribution in [0.25, 0.3) is 0 Å². The second-order valence-electron chi connectivity index (χ2n) is 3.38. The summed E-state index contributed by atoms with van der Waals surface area (Å²) in [4.78, 5) is 17.6. The molecular weight excluding hydrogens is 310 g/mol. The molecule has 7 heteroatoms. The Bertz CT molecular complexity index is 442. The van der Waals surface area contributed by atoms with E-state index in [2.05, 4.69) is 20.9 Å². The molecule has 1 atom stereocenters. The van der Waals surface area contributed by atoms with Gasteiger partial charge in [0.2, 0.25) is 5.91 Å². The summed E-state index contributed by atoms with van der Waals surface area (Å²) >= 11 is 5.86. The topological polar surface area (TPSA) is 57.0 Å². The second-order valence-corrected chi connectivity index (χ2v) is 6.13. The van der Waals surface area contributed by atoms with E-state index in [0.29, 0.717) is 24.0 Å². The minimum absolute atomic E-state index is 0.118. The minimum atomic E-state index is 0.118. The zero-order valence-corrected chi connectivity index (χ0v) is 11.4. The molecule has 0 bridgehead atoms. The maximum atomic E-state index is 11.7. The summed E-state index contributed by atoms with van der Waals surface area (Å²) in [5.41, 5.74) is 0. The summed E-state index contributed by atoms with van der Waals surface area (Å²) in [5, 5.41) is 12.1. The third-order valence-corrected chi connectivity index (χ3v) is 4.90. The fourth-order valence-electron chi connectivity index (χ4n) is 1.54. The van der Waals surface area contributed by atoms with Crippen LogP contribution in [-0.4, -0.2) is 22.8 Å². The molecule has 0 spiro atoms. The smallest absolute Gasteiger partial charge is 0.229 e. The molecule has 1 aliphatic heterocycles. The van der Waals surface area contributed by atoms with Crippen LogP contribution in [0.4, 0.5) is 5.13 Å². The number of anilines is 1. The number of thiocyanates is 1. The lowest BCUT2D eigenvalue weighted by molar-refractivity contribution is -0.117. The largest absolute Gasteiger partial charge is 0.288 e. The fraction of sp³-hybridized carbons (Fsp3) is 0.444. The van der Waals surface area contributed by atoms with Gasteiger partial charge >= 0.3 is 0 Å². The number of rotatable bonds is 3. The van der Waals surface area contributed by atoms with Gasteiger partial charge in [0.25, 0.3) is 0 Å². The molecule has 4 nitrogen and oxygen atoms in total. The first kappa shape index (κ1) is 11.9. The Morgan fingerprint density at radius 2 is 2.62 bits per heavy atom. The quantitative estimate of drug-likeness (QED) is 0.488. The van der Waals surface area contributed by atoms with Gasteiger partial charge in [0.15, 0.2) is 5.13 Å². The van der Waals surface area contributed by atoms with Gasteiger partial charge in [-0.2, -0.15) is 5.26 Å². The van der Waals surface area contributed by atoms with Gasteiger partial charge in [-0.1, -0.05) is 27.3 Å². The van der Waals surface area contributed by atoms with Gasteiger partial charge in [-0.3, -0.25) is 9.69 Å². The molecule has 1 aromatic rings. The predicted octanol–water partition coefficient (Wildman–Crippen LogP) is 2.46. The molecule has 1 amide bonds. The molecule has 1 aromatic heterocycles. The highest BCUT2D eigenvalue weighted by Gasteiger charge is 2.31. The number of thiazole rings is 1. The summed E-state index contributed by atoms with van der Waals surface area (Å²) in [7, 11) is 0. The molecule has 0 aliphatic carbocycles. The van der Waals surface area contributed by atoms with Crippen LogP contribution < -0.4 is 4.90 Å². The van der Waals surface area contributed by atoms with Crippen LogP contribution in [0.3, 0.4) is 0 Å². The number of nitriles is 1. The zero-order valence-electron chi connectivity index (χ0n) is 8.22. The first-order chi connectivity index (χ1) is 7.74. The lowest BCUT2D eigenvalue weighted by Crippen LogP contribution is -2.24. The van der Waals surface area contributed by atoms with Crippen LogP contribution in [0.2, 0.25) is 0 Å². The Morgan fingerprint density at radius 1 is 1.81 bits per heavy atom. The van der Waals surface area contributed by atoms with Gasteiger partial charge < -0.3 is 0 Å². The van der Waals surface area contributed by atoms with Crippen molar-refractivity contribution in [2.45, 2.75) is 10.6 Å². The molecule has 1 fully saturated rings. The number of hydrogen-bond acceptors (Lipinski definition) is 5. The molecule has 0 saturated carbocycles. The number of thioether (sulfide) groups is 1. The highest BCUT2D eigenvalue weighted by atomic mass is 79.9. The number of amides is 1. The van der Waals surface area contributed by atoms with Crippen molar-refractivity contribution >= 4 is 50.1 Å². The Hall–Kier alpha value is -0.580. The maximum Gasteiger partial charge on any atom is 0.229 e. The molecule has 0 radical (unpaired) electrons. The normalized spacial score (nSPS) is 20.1. The van der Waals surface area contributed by atoms with E-state index in [1.807, 2.05) is 5.40 Å². The van der Waals surface area contributed by atoms with E-state index >= 15 is 0 Å². The van der Waals surface area contributed by atoms with E-state index in [0.717, 1.165) is 21.3 Å². The summed E-state index contributed by atoms with van der Waals surface area (Å²) in [6.45, 7) is 0.717. The number of aromatic nitrogens is 1. The lowest BCUT2D eigenvalue weighted by Gasteiger charge is -2.11. The Labute approximate surface area is 110 Å². The molecule has 1 saturated heterocycles. The van der Waals surface area contributed by atoms with Gasteiger partial charge in [0, 0.05) is 30.1 Å². The first-order valence-electron chi connectivity index (χ1n) is 4.62. The van der Waals surface area contributed by atoms with Crippen molar-refractivity contribution in [3.63, 3.8) is 0 Å².